The Hall–Kier alpha value is -1.06. The lowest BCUT2D eigenvalue weighted by atomic mass is 10.2. The van der Waals surface area contributed by atoms with Gasteiger partial charge in [-0.15, -0.1) is 0 Å². The van der Waals surface area contributed by atoms with E-state index in [9.17, 15) is 13.5 Å². The number of aliphatic hydroxyl groups excluding tert-OH is 1. The first-order chi connectivity index (χ1) is 11.9. The number of aromatic nitrogens is 1. The van der Waals surface area contributed by atoms with E-state index in [-0.39, 0.29) is 6.10 Å². The zero-order valence-electron chi connectivity index (χ0n) is 14.1. The largest absolute Gasteiger partial charge is 0.392 e. The molecular formula is C17H22BrN3O3S. The molecule has 1 N–H and O–H groups in total. The Morgan fingerprint density at radius 1 is 1.24 bits per heavy atom. The van der Waals surface area contributed by atoms with Crippen LogP contribution in [-0.2, 0) is 10.0 Å². The number of hydrogen-bond donors (Lipinski definition) is 1. The molecule has 2 heterocycles. The van der Waals surface area contributed by atoms with Crippen LogP contribution in [0.1, 0.15) is 13.3 Å². The molecule has 1 unspecified atom stereocenters. The smallest absolute Gasteiger partial charge is 0.243 e. The molecule has 1 aromatic heterocycles. The van der Waals surface area contributed by atoms with E-state index in [0.29, 0.717) is 53.9 Å². The Labute approximate surface area is 156 Å². The molecule has 1 saturated heterocycles. The van der Waals surface area contributed by atoms with E-state index in [0.717, 1.165) is 5.39 Å². The molecule has 0 bridgehead atoms. The van der Waals surface area contributed by atoms with Crippen LogP contribution in [0.25, 0.3) is 10.8 Å². The Balaban J connectivity index is 1.84. The Morgan fingerprint density at radius 2 is 1.96 bits per heavy atom. The van der Waals surface area contributed by atoms with Gasteiger partial charge in [0.2, 0.25) is 10.0 Å². The number of halogens is 1. The lowest BCUT2D eigenvalue weighted by Gasteiger charge is -2.35. The molecule has 2 aromatic rings. The molecule has 3 rings (SSSR count). The minimum atomic E-state index is -3.58. The first-order valence-electron chi connectivity index (χ1n) is 8.36. The van der Waals surface area contributed by atoms with Crippen LogP contribution in [0.4, 0.5) is 0 Å². The van der Waals surface area contributed by atoms with Gasteiger partial charge in [-0.25, -0.2) is 8.42 Å². The highest BCUT2D eigenvalue weighted by molar-refractivity contribution is 9.10. The van der Waals surface area contributed by atoms with Gasteiger partial charge >= 0.3 is 0 Å². The summed E-state index contributed by atoms with van der Waals surface area (Å²) in [5.41, 5.74) is 0. The van der Waals surface area contributed by atoms with Crippen LogP contribution in [0.5, 0.6) is 0 Å². The fourth-order valence-corrected chi connectivity index (χ4v) is 5.44. The van der Waals surface area contributed by atoms with Crippen LogP contribution in [0.15, 0.2) is 40.0 Å². The first-order valence-corrected chi connectivity index (χ1v) is 10.6. The average Bonchev–Trinajstić information content (AvgIpc) is 2.62. The molecule has 1 aliphatic rings. The van der Waals surface area contributed by atoms with Gasteiger partial charge in [-0.1, -0.05) is 19.1 Å². The van der Waals surface area contributed by atoms with Crippen molar-refractivity contribution in [2.45, 2.75) is 24.3 Å². The summed E-state index contributed by atoms with van der Waals surface area (Å²) in [6, 6.07) is 5.25. The van der Waals surface area contributed by atoms with E-state index in [1.165, 1.54) is 4.31 Å². The van der Waals surface area contributed by atoms with Crippen molar-refractivity contribution in [1.82, 2.24) is 14.2 Å². The number of sulfonamides is 1. The van der Waals surface area contributed by atoms with Gasteiger partial charge in [-0.3, -0.25) is 9.88 Å². The molecule has 0 amide bonds. The minimum Gasteiger partial charge on any atom is -0.392 e. The zero-order chi connectivity index (χ0) is 18.0. The Kier molecular flexibility index (Phi) is 5.75. The molecule has 0 aliphatic carbocycles. The molecule has 1 aromatic carbocycles. The third kappa shape index (κ3) is 3.88. The van der Waals surface area contributed by atoms with Gasteiger partial charge in [0.05, 0.1) is 11.0 Å². The summed E-state index contributed by atoms with van der Waals surface area (Å²) in [7, 11) is -3.58. The van der Waals surface area contributed by atoms with Gasteiger partial charge in [0, 0.05) is 60.4 Å². The number of aliphatic hydroxyl groups is 1. The van der Waals surface area contributed by atoms with Crippen molar-refractivity contribution >= 4 is 36.7 Å². The molecule has 8 heteroatoms. The molecule has 0 saturated carbocycles. The van der Waals surface area contributed by atoms with Gasteiger partial charge in [0.25, 0.3) is 0 Å². The Morgan fingerprint density at radius 3 is 2.64 bits per heavy atom. The van der Waals surface area contributed by atoms with Crippen molar-refractivity contribution in [3.05, 3.63) is 35.1 Å². The maximum absolute atomic E-state index is 13.2. The molecule has 1 atom stereocenters. The molecule has 6 nitrogen and oxygen atoms in total. The molecule has 0 spiro atoms. The number of nitrogens with zero attached hydrogens (tertiary/aromatic N) is 3. The van der Waals surface area contributed by atoms with Crippen LogP contribution in [0.3, 0.4) is 0 Å². The van der Waals surface area contributed by atoms with Crippen molar-refractivity contribution in [2.75, 3.05) is 32.7 Å². The second kappa shape index (κ2) is 7.67. The van der Waals surface area contributed by atoms with Crippen molar-refractivity contribution in [2.24, 2.45) is 0 Å². The van der Waals surface area contributed by atoms with E-state index in [2.05, 4.69) is 25.8 Å². The zero-order valence-corrected chi connectivity index (χ0v) is 16.5. The first kappa shape index (κ1) is 18.7. The quantitative estimate of drug-likeness (QED) is 0.790. The predicted octanol–water partition coefficient (Wildman–Crippen LogP) is 2.07. The summed E-state index contributed by atoms with van der Waals surface area (Å²) >= 11 is 3.43. The average molecular weight is 428 g/mol. The van der Waals surface area contributed by atoms with E-state index in [4.69, 9.17) is 0 Å². The van der Waals surface area contributed by atoms with Gasteiger partial charge in [-0.2, -0.15) is 4.31 Å². The lowest BCUT2D eigenvalue weighted by molar-refractivity contribution is 0.0896. The maximum Gasteiger partial charge on any atom is 0.243 e. The van der Waals surface area contributed by atoms with Gasteiger partial charge in [-0.05, 0) is 28.4 Å². The maximum atomic E-state index is 13.2. The van der Waals surface area contributed by atoms with Crippen molar-refractivity contribution in [1.29, 1.82) is 0 Å². The summed E-state index contributed by atoms with van der Waals surface area (Å²) < 4.78 is 28.5. The summed E-state index contributed by atoms with van der Waals surface area (Å²) in [6.45, 7) is 4.65. The predicted molar refractivity (Wildman–Crippen MR) is 101 cm³/mol. The van der Waals surface area contributed by atoms with E-state index in [1.807, 2.05) is 13.0 Å². The fraction of sp³-hybridized carbons (Fsp3) is 0.471. The lowest BCUT2D eigenvalue weighted by Crippen LogP contribution is -2.50. The minimum absolute atomic E-state index is 0.307. The third-order valence-corrected chi connectivity index (χ3v) is 7.13. The summed E-state index contributed by atoms with van der Waals surface area (Å²) in [5.74, 6) is 0. The normalized spacial score (nSPS) is 18.5. The highest BCUT2D eigenvalue weighted by Gasteiger charge is 2.30. The summed E-state index contributed by atoms with van der Waals surface area (Å²) in [4.78, 5) is 6.53. The Bertz CT molecular complexity index is 846. The second-order valence-electron chi connectivity index (χ2n) is 6.24. The number of fused-ring (bicyclic) bond motifs is 1. The number of pyridine rings is 1. The van der Waals surface area contributed by atoms with E-state index in [1.54, 1.807) is 24.5 Å². The van der Waals surface area contributed by atoms with Crippen LogP contribution >= 0.6 is 15.9 Å². The van der Waals surface area contributed by atoms with Crippen molar-refractivity contribution in [3.63, 3.8) is 0 Å². The second-order valence-corrected chi connectivity index (χ2v) is 9.00. The standard InChI is InChI=1S/C17H22BrN3O3S/c1-2-14(22)12-20-6-8-21(9-7-20)25(23,24)16-5-3-4-13-10-19-11-15(18)17(13)16/h3-5,10-11,14,22H,2,6-9,12H2,1H3. The number of piperazine rings is 1. The summed E-state index contributed by atoms with van der Waals surface area (Å²) in [6.07, 6.45) is 3.63. The van der Waals surface area contributed by atoms with Crippen LogP contribution in [0.2, 0.25) is 0 Å². The van der Waals surface area contributed by atoms with Crippen molar-refractivity contribution in [3.8, 4) is 0 Å². The molecule has 0 radical (unpaired) electrons. The van der Waals surface area contributed by atoms with E-state index < -0.39 is 10.0 Å². The van der Waals surface area contributed by atoms with E-state index >= 15 is 0 Å². The summed E-state index contributed by atoms with van der Waals surface area (Å²) in [5, 5.41) is 11.2. The number of rotatable bonds is 5. The highest BCUT2D eigenvalue weighted by atomic mass is 79.9. The van der Waals surface area contributed by atoms with Gasteiger partial charge in [0.1, 0.15) is 0 Å². The topological polar surface area (TPSA) is 73.7 Å². The number of benzene rings is 1. The molecule has 136 valence electrons. The number of hydrogen-bond acceptors (Lipinski definition) is 5. The highest BCUT2D eigenvalue weighted by Crippen LogP contribution is 2.31. The fourth-order valence-electron chi connectivity index (χ4n) is 3.09. The van der Waals surface area contributed by atoms with Crippen molar-refractivity contribution < 1.29 is 13.5 Å². The van der Waals surface area contributed by atoms with Crippen LogP contribution in [-0.4, -0.2) is 66.5 Å². The SMILES string of the molecule is CCC(O)CN1CCN(S(=O)(=O)c2cccc3cncc(Br)c23)CC1. The molecular weight excluding hydrogens is 406 g/mol. The van der Waals surface area contributed by atoms with Gasteiger partial charge < -0.3 is 5.11 Å². The van der Waals surface area contributed by atoms with Gasteiger partial charge in [0.15, 0.2) is 0 Å². The molecule has 25 heavy (non-hydrogen) atoms. The monoisotopic (exact) mass is 427 g/mol. The molecule has 1 fully saturated rings. The number of β-amino-alcohol motifs (C(OH)–C–C–N with tert-alkyl or cyclic N) is 1. The third-order valence-electron chi connectivity index (χ3n) is 4.59. The van der Waals surface area contributed by atoms with Crippen LogP contribution < -0.4 is 0 Å². The molecule has 1 aliphatic heterocycles. The van der Waals surface area contributed by atoms with Crippen LogP contribution in [0, 0.1) is 0 Å².